The Morgan fingerprint density at radius 2 is 2.06 bits per heavy atom. The average Bonchev–Trinajstić information content (AvgIpc) is 2.35. The van der Waals surface area contributed by atoms with Crippen molar-refractivity contribution in [2.24, 2.45) is 5.41 Å². The third kappa shape index (κ3) is 3.71. The van der Waals surface area contributed by atoms with Crippen molar-refractivity contribution in [1.29, 1.82) is 5.26 Å². The summed E-state index contributed by atoms with van der Waals surface area (Å²) in [4.78, 5) is 13.6. The molecule has 1 aliphatic rings. The molecule has 1 fully saturated rings. The van der Waals surface area contributed by atoms with Gasteiger partial charge in [0, 0.05) is 6.42 Å². The Bertz CT molecular complexity index is 288. The standard InChI is InChI=1S/C13H22N2O2/c1-2-13(12(16)17)6-10-15(11-7-13)9-5-3-4-8-14/h2-7,9-11H2,1H3,(H,16,17). The fourth-order valence-corrected chi connectivity index (χ4v) is 2.46. The number of carbonyl (C=O) groups is 1. The molecule has 1 N–H and O–H groups in total. The van der Waals surface area contributed by atoms with Crippen LogP contribution in [0.1, 0.15) is 45.4 Å². The Balaban J connectivity index is 2.30. The third-order valence-corrected chi connectivity index (χ3v) is 3.96. The van der Waals surface area contributed by atoms with Crippen LogP contribution < -0.4 is 0 Å². The van der Waals surface area contributed by atoms with Crippen LogP contribution in [0.15, 0.2) is 0 Å². The number of hydrogen-bond acceptors (Lipinski definition) is 3. The van der Waals surface area contributed by atoms with Crippen LogP contribution in [0.3, 0.4) is 0 Å². The minimum Gasteiger partial charge on any atom is -0.481 e. The molecule has 1 saturated heterocycles. The lowest BCUT2D eigenvalue weighted by Crippen LogP contribution is -2.44. The topological polar surface area (TPSA) is 64.3 Å². The van der Waals surface area contributed by atoms with Crippen molar-refractivity contribution < 1.29 is 9.90 Å². The SMILES string of the molecule is CCC1(C(=O)O)CCN(CCCCC#N)CC1. The number of likely N-dealkylation sites (tertiary alicyclic amines) is 1. The summed E-state index contributed by atoms with van der Waals surface area (Å²) in [6.45, 7) is 4.73. The molecular weight excluding hydrogens is 216 g/mol. The molecule has 4 heteroatoms. The van der Waals surface area contributed by atoms with E-state index in [0.29, 0.717) is 6.42 Å². The number of rotatable bonds is 6. The first kappa shape index (κ1) is 14.0. The Morgan fingerprint density at radius 3 is 2.53 bits per heavy atom. The second-order valence-electron chi connectivity index (χ2n) is 4.90. The van der Waals surface area contributed by atoms with Gasteiger partial charge < -0.3 is 10.0 Å². The van der Waals surface area contributed by atoms with Gasteiger partial charge in [-0.15, -0.1) is 0 Å². The predicted octanol–water partition coefficient (Wildman–Crippen LogP) is 2.26. The van der Waals surface area contributed by atoms with Gasteiger partial charge in [-0.05, 0) is 51.7 Å². The molecule has 0 spiro atoms. The van der Waals surface area contributed by atoms with E-state index in [1.807, 2.05) is 6.92 Å². The highest BCUT2D eigenvalue weighted by molar-refractivity contribution is 5.74. The summed E-state index contributed by atoms with van der Waals surface area (Å²) in [7, 11) is 0. The zero-order chi connectivity index (χ0) is 12.7. The Morgan fingerprint density at radius 1 is 1.41 bits per heavy atom. The fraction of sp³-hybridized carbons (Fsp3) is 0.846. The normalized spacial score (nSPS) is 19.8. The Kier molecular flexibility index (Phi) is 5.43. The van der Waals surface area contributed by atoms with Gasteiger partial charge in [-0.2, -0.15) is 5.26 Å². The van der Waals surface area contributed by atoms with Gasteiger partial charge in [0.15, 0.2) is 0 Å². The zero-order valence-electron chi connectivity index (χ0n) is 10.6. The summed E-state index contributed by atoms with van der Waals surface area (Å²) < 4.78 is 0. The number of nitrogens with zero attached hydrogens (tertiary/aromatic N) is 2. The highest BCUT2D eigenvalue weighted by Gasteiger charge is 2.39. The van der Waals surface area contributed by atoms with Crippen molar-refractivity contribution in [3.8, 4) is 6.07 Å². The summed E-state index contributed by atoms with van der Waals surface area (Å²) in [6, 6.07) is 2.15. The van der Waals surface area contributed by atoms with Gasteiger partial charge in [-0.3, -0.25) is 4.79 Å². The largest absolute Gasteiger partial charge is 0.481 e. The lowest BCUT2D eigenvalue weighted by molar-refractivity contribution is -0.152. The molecule has 1 heterocycles. The minimum absolute atomic E-state index is 0.483. The van der Waals surface area contributed by atoms with Crippen molar-refractivity contribution >= 4 is 5.97 Å². The van der Waals surface area contributed by atoms with Gasteiger partial charge in [-0.25, -0.2) is 0 Å². The molecule has 0 aromatic carbocycles. The number of piperidine rings is 1. The zero-order valence-corrected chi connectivity index (χ0v) is 10.6. The number of carboxylic acid groups (broad SMARTS) is 1. The van der Waals surface area contributed by atoms with E-state index in [1.165, 1.54) is 0 Å². The Labute approximate surface area is 103 Å². The van der Waals surface area contributed by atoms with Crippen LogP contribution in [0.2, 0.25) is 0 Å². The van der Waals surface area contributed by atoms with E-state index >= 15 is 0 Å². The van der Waals surface area contributed by atoms with Crippen molar-refractivity contribution in [3.05, 3.63) is 0 Å². The van der Waals surface area contributed by atoms with E-state index in [4.69, 9.17) is 5.26 Å². The van der Waals surface area contributed by atoms with Gasteiger partial charge in [-0.1, -0.05) is 6.92 Å². The van der Waals surface area contributed by atoms with Crippen molar-refractivity contribution in [2.75, 3.05) is 19.6 Å². The van der Waals surface area contributed by atoms with Crippen molar-refractivity contribution in [1.82, 2.24) is 4.90 Å². The minimum atomic E-state index is -0.635. The van der Waals surface area contributed by atoms with E-state index in [0.717, 1.165) is 51.7 Å². The molecule has 0 bridgehead atoms. The van der Waals surface area contributed by atoms with Gasteiger partial charge in [0.25, 0.3) is 0 Å². The molecule has 96 valence electrons. The van der Waals surface area contributed by atoms with Crippen LogP contribution in [0.25, 0.3) is 0 Å². The highest BCUT2D eigenvalue weighted by atomic mass is 16.4. The molecular formula is C13H22N2O2. The quantitative estimate of drug-likeness (QED) is 0.721. The monoisotopic (exact) mass is 238 g/mol. The van der Waals surface area contributed by atoms with E-state index < -0.39 is 11.4 Å². The number of aliphatic carboxylic acids is 1. The second kappa shape index (κ2) is 6.61. The maximum absolute atomic E-state index is 11.3. The first-order valence-corrected chi connectivity index (χ1v) is 6.47. The van der Waals surface area contributed by atoms with Gasteiger partial charge >= 0.3 is 5.97 Å². The summed E-state index contributed by atoms with van der Waals surface area (Å²) in [5.74, 6) is -0.635. The average molecular weight is 238 g/mol. The first-order chi connectivity index (χ1) is 8.14. The molecule has 0 aliphatic carbocycles. The summed E-state index contributed by atoms with van der Waals surface area (Å²) in [5, 5.41) is 17.7. The lowest BCUT2D eigenvalue weighted by Gasteiger charge is -2.38. The maximum Gasteiger partial charge on any atom is 0.309 e. The number of nitriles is 1. The van der Waals surface area contributed by atoms with Crippen LogP contribution in [0.4, 0.5) is 0 Å². The fourth-order valence-electron chi connectivity index (χ4n) is 2.46. The smallest absolute Gasteiger partial charge is 0.309 e. The van der Waals surface area contributed by atoms with E-state index in [2.05, 4.69) is 11.0 Å². The summed E-state index contributed by atoms with van der Waals surface area (Å²) in [5.41, 5.74) is -0.483. The van der Waals surface area contributed by atoms with Crippen LogP contribution >= 0.6 is 0 Å². The molecule has 0 unspecified atom stereocenters. The number of unbranched alkanes of at least 4 members (excludes halogenated alkanes) is 2. The molecule has 1 aliphatic heterocycles. The molecule has 4 nitrogen and oxygen atoms in total. The molecule has 0 aromatic rings. The summed E-state index contributed by atoms with van der Waals surface area (Å²) >= 11 is 0. The molecule has 0 radical (unpaired) electrons. The van der Waals surface area contributed by atoms with Gasteiger partial charge in [0.1, 0.15) is 0 Å². The predicted molar refractivity (Wildman–Crippen MR) is 65.5 cm³/mol. The van der Waals surface area contributed by atoms with Crippen LogP contribution in [0, 0.1) is 16.7 Å². The highest BCUT2D eigenvalue weighted by Crippen LogP contribution is 2.35. The van der Waals surface area contributed by atoms with Crippen molar-refractivity contribution in [2.45, 2.75) is 45.4 Å². The molecule has 0 atom stereocenters. The van der Waals surface area contributed by atoms with Crippen molar-refractivity contribution in [3.63, 3.8) is 0 Å². The van der Waals surface area contributed by atoms with Crippen LogP contribution in [-0.4, -0.2) is 35.6 Å². The molecule has 0 aromatic heterocycles. The lowest BCUT2D eigenvalue weighted by atomic mass is 9.76. The Hall–Kier alpha value is -1.08. The molecule has 0 saturated carbocycles. The molecule has 0 amide bonds. The second-order valence-corrected chi connectivity index (χ2v) is 4.90. The van der Waals surface area contributed by atoms with E-state index in [-0.39, 0.29) is 0 Å². The third-order valence-electron chi connectivity index (χ3n) is 3.96. The van der Waals surface area contributed by atoms with E-state index in [1.54, 1.807) is 0 Å². The van der Waals surface area contributed by atoms with Gasteiger partial charge in [0.2, 0.25) is 0 Å². The molecule has 17 heavy (non-hydrogen) atoms. The first-order valence-electron chi connectivity index (χ1n) is 6.47. The maximum atomic E-state index is 11.3. The number of carboxylic acids is 1. The molecule has 1 rings (SSSR count). The van der Waals surface area contributed by atoms with E-state index in [9.17, 15) is 9.90 Å². The van der Waals surface area contributed by atoms with Crippen LogP contribution in [0.5, 0.6) is 0 Å². The van der Waals surface area contributed by atoms with Gasteiger partial charge in [0.05, 0.1) is 11.5 Å². The van der Waals surface area contributed by atoms with Crippen LogP contribution in [-0.2, 0) is 4.79 Å². The summed E-state index contributed by atoms with van der Waals surface area (Å²) in [6.07, 6.45) is 4.87. The number of hydrogen-bond donors (Lipinski definition) is 1.